The summed E-state index contributed by atoms with van der Waals surface area (Å²) in [5, 5.41) is 0. The lowest BCUT2D eigenvalue weighted by molar-refractivity contribution is 0.247. The summed E-state index contributed by atoms with van der Waals surface area (Å²) >= 11 is 0. The smallest absolute Gasteiger partial charge is 0.0209 e. The van der Waals surface area contributed by atoms with Crippen molar-refractivity contribution < 1.29 is 0 Å². The first-order chi connectivity index (χ1) is 4.22. The van der Waals surface area contributed by atoms with Crippen LogP contribution in [0, 0.1) is 11.8 Å². The molecule has 1 saturated carbocycles. The maximum absolute atomic E-state index is 3.96. The van der Waals surface area contributed by atoms with Crippen molar-refractivity contribution in [3.63, 3.8) is 0 Å². The number of rotatable bonds is 2. The number of hydrogen-bond donors (Lipinski definition) is 0. The van der Waals surface area contributed by atoms with Crippen LogP contribution in [0.2, 0.25) is 0 Å². The van der Waals surface area contributed by atoms with E-state index in [0.717, 1.165) is 11.8 Å². The average molecular weight is 124 g/mol. The Hall–Kier alpha value is -0.260. The van der Waals surface area contributed by atoms with Gasteiger partial charge in [-0.3, -0.25) is 0 Å². The van der Waals surface area contributed by atoms with Crippen molar-refractivity contribution in [2.75, 3.05) is 0 Å². The molecule has 0 saturated heterocycles. The minimum Gasteiger partial charge on any atom is -0.0999 e. The van der Waals surface area contributed by atoms with Gasteiger partial charge in [0, 0.05) is 0 Å². The molecule has 1 aliphatic rings. The minimum absolute atomic E-state index is 0.777. The van der Waals surface area contributed by atoms with Gasteiger partial charge in [-0.25, -0.2) is 0 Å². The van der Waals surface area contributed by atoms with E-state index in [0.29, 0.717) is 0 Å². The molecule has 0 heterocycles. The Morgan fingerprint density at radius 3 is 2.22 bits per heavy atom. The molecule has 0 aromatic heterocycles. The van der Waals surface area contributed by atoms with E-state index in [1.54, 1.807) is 0 Å². The molecule has 1 rings (SSSR count). The van der Waals surface area contributed by atoms with Crippen LogP contribution in [0.5, 0.6) is 0 Å². The van der Waals surface area contributed by atoms with E-state index < -0.39 is 0 Å². The van der Waals surface area contributed by atoms with Crippen LogP contribution in [0.1, 0.15) is 33.1 Å². The molecule has 0 heteroatoms. The SMILES string of the molecule is C=C(C)C(C)C1CCC1. The molecule has 0 amide bonds. The molecule has 52 valence electrons. The van der Waals surface area contributed by atoms with Crippen molar-refractivity contribution in [2.45, 2.75) is 33.1 Å². The third-order valence-electron chi connectivity index (χ3n) is 2.63. The highest BCUT2D eigenvalue weighted by atomic mass is 14.3. The molecule has 0 aromatic carbocycles. The lowest BCUT2D eigenvalue weighted by atomic mass is 9.74. The topological polar surface area (TPSA) is 0 Å². The van der Waals surface area contributed by atoms with Gasteiger partial charge in [0.1, 0.15) is 0 Å². The van der Waals surface area contributed by atoms with Crippen LogP contribution in [0.3, 0.4) is 0 Å². The van der Waals surface area contributed by atoms with Crippen molar-refractivity contribution in [3.8, 4) is 0 Å². The molecule has 0 bridgehead atoms. The first-order valence-corrected chi connectivity index (χ1v) is 3.87. The molecule has 0 nitrogen and oxygen atoms in total. The van der Waals surface area contributed by atoms with Crippen molar-refractivity contribution in [1.82, 2.24) is 0 Å². The van der Waals surface area contributed by atoms with Crippen molar-refractivity contribution >= 4 is 0 Å². The molecule has 0 N–H and O–H groups in total. The Morgan fingerprint density at radius 2 is 2.11 bits per heavy atom. The molecule has 1 atom stereocenters. The third kappa shape index (κ3) is 1.35. The van der Waals surface area contributed by atoms with Gasteiger partial charge in [-0.1, -0.05) is 25.5 Å². The Kier molecular flexibility index (Phi) is 1.94. The highest BCUT2D eigenvalue weighted by molar-refractivity contribution is 4.98. The van der Waals surface area contributed by atoms with Gasteiger partial charge in [0.2, 0.25) is 0 Å². The zero-order chi connectivity index (χ0) is 6.85. The zero-order valence-electron chi connectivity index (χ0n) is 6.48. The molecule has 0 spiro atoms. The highest BCUT2D eigenvalue weighted by Crippen LogP contribution is 2.35. The first kappa shape index (κ1) is 6.85. The molecule has 1 fully saturated rings. The molecule has 1 unspecified atom stereocenters. The Balaban J connectivity index is 2.32. The second-order valence-electron chi connectivity index (χ2n) is 3.33. The Morgan fingerprint density at radius 1 is 1.56 bits per heavy atom. The van der Waals surface area contributed by atoms with E-state index in [9.17, 15) is 0 Å². The fraction of sp³-hybridized carbons (Fsp3) is 0.778. The van der Waals surface area contributed by atoms with Crippen LogP contribution < -0.4 is 0 Å². The maximum Gasteiger partial charge on any atom is -0.0209 e. The fourth-order valence-electron chi connectivity index (χ4n) is 1.34. The summed E-state index contributed by atoms with van der Waals surface area (Å²) in [6.45, 7) is 8.40. The predicted octanol–water partition coefficient (Wildman–Crippen LogP) is 3.00. The van der Waals surface area contributed by atoms with Gasteiger partial charge in [-0.05, 0) is 31.6 Å². The summed E-state index contributed by atoms with van der Waals surface area (Å²) in [5.74, 6) is 1.75. The summed E-state index contributed by atoms with van der Waals surface area (Å²) in [7, 11) is 0. The number of hydrogen-bond acceptors (Lipinski definition) is 0. The summed E-state index contributed by atoms with van der Waals surface area (Å²) in [6, 6.07) is 0. The summed E-state index contributed by atoms with van der Waals surface area (Å²) < 4.78 is 0. The highest BCUT2D eigenvalue weighted by Gasteiger charge is 2.23. The molecular formula is C9H16. The lowest BCUT2D eigenvalue weighted by Crippen LogP contribution is -2.19. The average Bonchev–Trinajstić information content (AvgIpc) is 1.60. The molecule has 9 heavy (non-hydrogen) atoms. The van der Waals surface area contributed by atoms with E-state index in [2.05, 4.69) is 20.4 Å². The van der Waals surface area contributed by atoms with Crippen LogP contribution in [-0.2, 0) is 0 Å². The van der Waals surface area contributed by atoms with Gasteiger partial charge >= 0.3 is 0 Å². The van der Waals surface area contributed by atoms with Crippen LogP contribution in [-0.4, -0.2) is 0 Å². The van der Waals surface area contributed by atoms with Crippen molar-refractivity contribution in [1.29, 1.82) is 0 Å². The van der Waals surface area contributed by atoms with Crippen LogP contribution in [0.4, 0.5) is 0 Å². The monoisotopic (exact) mass is 124 g/mol. The van der Waals surface area contributed by atoms with E-state index >= 15 is 0 Å². The standard InChI is InChI=1S/C9H16/c1-7(2)8(3)9-5-4-6-9/h8-9H,1,4-6H2,2-3H3. The van der Waals surface area contributed by atoms with E-state index in [1.165, 1.54) is 24.8 Å². The minimum atomic E-state index is 0.777. The van der Waals surface area contributed by atoms with Crippen LogP contribution in [0.25, 0.3) is 0 Å². The van der Waals surface area contributed by atoms with Gasteiger partial charge in [-0.2, -0.15) is 0 Å². The van der Waals surface area contributed by atoms with E-state index in [1.807, 2.05) is 0 Å². The summed E-state index contributed by atoms with van der Waals surface area (Å²) in [4.78, 5) is 0. The zero-order valence-corrected chi connectivity index (χ0v) is 6.48. The molecule has 1 aliphatic carbocycles. The Labute approximate surface area is 58.0 Å². The van der Waals surface area contributed by atoms with Crippen molar-refractivity contribution in [3.05, 3.63) is 12.2 Å². The number of allylic oxidation sites excluding steroid dienone is 1. The third-order valence-corrected chi connectivity index (χ3v) is 2.63. The van der Waals surface area contributed by atoms with E-state index in [4.69, 9.17) is 0 Å². The quantitative estimate of drug-likeness (QED) is 0.496. The second-order valence-corrected chi connectivity index (χ2v) is 3.33. The summed E-state index contributed by atoms with van der Waals surface area (Å²) in [6.07, 6.45) is 4.32. The normalized spacial score (nSPS) is 22.9. The second kappa shape index (κ2) is 2.55. The summed E-state index contributed by atoms with van der Waals surface area (Å²) in [5.41, 5.74) is 1.36. The fourth-order valence-corrected chi connectivity index (χ4v) is 1.34. The molecule has 0 aromatic rings. The van der Waals surface area contributed by atoms with Gasteiger partial charge in [0.05, 0.1) is 0 Å². The molecular weight excluding hydrogens is 108 g/mol. The maximum atomic E-state index is 3.96. The van der Waals surface area contributed by atoms with Crippen LogP contribution >= 0.6 is 0 Å². The van der Waals surface area contributed by atoms with Crippen LogP contribution in [0.15, 0.2) is 12.2 Å². The first-order valence-electron chi connectivity index (χ1n) is 3.87. The van der Waals surface area contributed by atoms with E-state index in [-0.39, 0.29) is 0 Å². The van der Waals surface area contributed by atoms with Crippen molar-refractivity contribution in [2.24, 2.45) is 11.8 Å². The predicted molar refractivity (Wildman–Crippen MR) is 41.3 cm³/mol. The molecule has 0 aliphatic heterocycles. The lowest BCUT2D eigenvalue weighted by Gasteiger charge is -2.31. The van der Waals surface area contributed by atoms with Gasteiger partial charge in [0.25, 0.3) is 0 Å². The Bertz CT molecular complexity index is 109. The van der Waals surface area contributed by atoms with Gasteiger partial charge in [-0.15, -0.1) is 0 Å². The largest absolute Gasteiger partial charge is 0.0999 e. The van der Waals surface area contributed by atoms with Gasteiger partial charge < -0.3 is 0 Å². The van der Waals surface area contributed by atoms with Gasteiger partial charge in [0.15, 0.2) is 0 Å². The molecule has 0 radical (unpaired) electrons.